The first-order chi connectivity index (χ1) is 7.66. The molecule has 1 aromatic heterocycles. The summed E-state index contributed by atoms with van der Waals surface area (Å²) in [5.74, 6) is -1.14. The monoisotopic (exact) mass is 240 g/mol. The van der Waals surface area contributed by atoms with Gasteiger partial charge < -0.3 is 5.73 Å². The van der Waals surface area contributed by atoms with E-state index in [1.165, 1.54) is 23.5 Å². The number of thiazole rings is 1. The fourth-order valence-corrected chi connectivity index (χ4v) is 2.05. The maximum Gasteiger partial charge on any atom is 0.129 e. The number of aromatic nitrogens is 1. The normalized spacial score (nSPS) is 12.7. The topological polar surface area (TPSA) is 38.9 Å². The molecule has 0 aliphatic rings. The van der Waals surface area contributed by atoms with Gasteiger partial charge in [0.05, 0.1) is 17.2 Å². The standard InChI is InChI=1S/C11H10F2N2S/c12-8-2-1-7(9(13)4-8)3-10(14)11-5-16-6-15-11/h1-2,4-6,10H,3,14H2. The van der Waals surface area contributed by atoms with Crippen LogP contribution in [0.3, 0.4) is 0 Å². The number of rotatable bonds is 3. The van der Waals surface area contributed by atoms with E-state index in [1.54, 1.807) is 5.51 Å². The second-order valence-electron chi connectivity index (χ2n) is 3.46. The molecule has 1 atom stereocenters. The minimum Gasteiger partial charge on any atom is -0.322 e. The van der Waals surface area contributed by atoms with E-state index in [0.29, 0.717) is 12.0 Å². The highest BCUT2D eigenvalue weighted by Gasteiger charge is 2.12. The quantitative estimate of drug-likeness (QED) is 0.895. The Hall–Kier alpha value is -1.33. The average Bonchev–Trinajstić information content (AvgIpc) is 2.75. The van der Waals surface area contributed by atoms with Crippen LogP contribution in [0.15, 0.2) is 29.1 Å². The Morgan fingerprint density at radius 3 is 2.81 bits per heavy atom. The first-order valence-electron chi connectivity index (χ1n) is 4.74. The largest absolute Gasteiger partial charge is 0.322 e. The Morgan fingerprint density at radius 2 is 2.19 bits per heavy atom. The van der Waals surface area contributed by atoms with E-state index in [1.807, 2.05) is 5.38 Å². The highest BCUT2D eigenvalue weighted by Crippen LogP contribution is 2.18. The summed E-state index contributed by atoms with van der Waals surface area (Å²) in [6.45, 7) is 0. The van der Waals surface area contributed by atoms with Crippen LogP contribution in [0.25, 0.3) is 0 Å². The van der Waals surface area contributed by atoms with Crippen LogP contribution in [0.1, 0.15) is 17.3 Å². The Labute approximate surface area is 95.7 Å². The van der Waals surface area contributed by atoms with Crippen molar-refractivity contribution in [1.29, 1.82) is 0 Å². The van der Waals surface area contributed by atoms with E-state index in [4.69, 9.17) is 5.73 Å². The maximum atomic E-state index is 13.3. The number of hydrogen-bond donors (Lipinski definition) is 1. The first kappa shape index (κ1) is 11.2. The van der Waals surface area contributed by atoms with Crippen molar-refractivity contribution < 1.29 is 8.78 Å². The second kappa shape index (κ2) is 4.67. The van der Waals surface area contributed by atoms with Crippen molar-refractivity contribution in [2.24, 2.45) is 5.73 Å². The van der Waals surface area contributed by atoms with Crippen LogP contribution in [0, 0.1) is 11.6 Å². The molecule has 1 unspecified atom stereocenters. The van der Waals surface area contributed by atoms with Crippen molar-refractivity contribution in [3.63, 3.8) is 0 Å². The number of halogens is 2. The molecule has 0 spiro atoms. The Bertz CT molecular complexity index is 471. The first-order valence-corrected chi connectivity index (χ1v) is 5.68. The van der Waals surface area contributed by atoms with Crippen LogP contribution in [0.2, 0.25) is 0 Å². The zero-order valence-corrected chi connectivity index (χ0v) is 9.18. The van der Waals surface area contributed by atoms with Gasteiger partial charge in [0.1, 0.15) is 11.6 Å². The molecule has 1 heterocycles. The van der Waals surface area contributed by atoms with Gasteiger partial charge in [0.25, 0.3) is 0 Å². The summed E-state index contributed by atoms with van der Waals surface area (Å²) in [5.41, 5.74) is 8.67. The van der Waals surface area contributed by atoms with Crippen LogP contribution in [0.5, 0.6) is 0 Å². The van der Waals surface area contributed by atoms with E-state index in [0.717, 1.165) is 11.8 Å². The fourth-order valence-electron chi connectivity index (χ4n) is 1.43. The molecule has 2 N–H and O–H groups in total. The Balaban J connectivity index is 2.15. The zero-order chi connectivity index (χ0) is 11.5. The lowest BCUT2D eigenvalue weighted by Gasteiger charge is -2.09. The predicted octanol–water partition coefficient (Wildman–Crippen LogP) is 2.66. The molecule has 0 saturated heterocycles. The Kier molecular flexibility index (Phi) is 3.26. The van der Waals surface area contributed by atoms with E-state index < -0.39 is 11.6 Å². The summed E-state index contributed by atoms with van der Waals surface area (Å²) >= 11 is 1.44. The summed E-state index contributed by atoms with van der Waals surface area (Å²) in [7, 11) is 0. The van der Waals surface area contributed by atoms with Gasteiger partial charge >= 0.3 is 0 Å². The van der Waals surface area contributed by atoms with Gasteiger partial charge in [-0.15, -0.1) is 11.3 Å². The molecule has 2 nitrogen and oxygen atoms in total. The molecule has 2 aromatic rings. The third-order valence-electron chi connectivity index (χ3n) is 2.29. The van der Waals surface area contributed by atoms with E-state index >= 15 is 0 Å². The summed E-state index contributed by atoms with van der Waals surface area (Å²) in [4.78, 5) is 4.06. The third kappa shape index (κ3) is 2.43. The molecular weight excluding hydrogens is 230 g/mol. The van der Waals surface area contributed by atoms with Crippen LogP contribution < -0.4 is 5.73 Å². The van der Waals surface area contributed by atoms with Crippen molar-refractivity contribution in [3.05, 3.63) is 52.0 Å². The number of benzene rings is 1. The molecule has 5 heteroatoms. The summed E-state index contributed by atoms with van der Waals surface area (Å²) in [6, 6.07) is 3.15. The molecule has 0 fully saturated rings. The smallest absolute Gasteiger partial charge is 0.129 e. The van der Waals surface area contributed by atoms with Gasteiger partial charge in [0.2, 0.25) is 0 Å². The Morgan fingerprint density at radius 1 is 1.38 bits per heavy atom. The maximum absolute atomic E-state index is 13.3. The minimum absolute atomic E-state index is 0.315. The fraction of sp³-hybridized carbons (Fsp3) is 0.182. The molecule has 2 rings (SSSR count). The summed E-state index contributed by atoms with van der Waals surface area (Å²) in [5, 5.41) is 1.83. The van der Waals surface area contributed by atoms with Crippen molar-refractivity contribution in [2.45, 2.75) is 12.5 Å². The van der Waals surface area contributed by atoms with Crippen molar-refractivity contribution in [1.82, 2.24) is 4.98 Å². The highest BCUT2D eigenvalue weighted by atomic mass is 32.1. The lowest BCUT2D eigenvalue weighted by molar-refractivity contribution is 0.562. The van der Waals surface area contributed by atoms with Crippen LogP contribution in [0.4, 0.5) is 8.78 Å². The van der Waals surface area contributed by atoms with Crippen LogP contribution in [-0.2, 0) is 6.42 Å². The predicted molar refractivity (Wildman–Crippen MR) is 59.1 cm³/mol. The molecule has 84 valence electrons. The summed E-state index contributed by atoms with van der Waals surface area (Å²) < 4.78 is 26.0. The molecule has 0 aliphatic heterocycles. The molecule has 0 bridgehead atoms. The highest BCUT2D eigenvalue weighted by molar-refractivity contribution is 7.07. The molecule has 0 saturated carbocycles. The summed E-state index contributed by atoms with van der Waals surface area (Å²) in [6.07, 6.45) is 0.315. The van der Waals surface area contributed by atoms with Crippen molar-refractivity contribution in [2.75, 3.05) is 0 Å². The lowest BCUT2D eigenvalue weighted by atomic mass is 10.0. The van der Waals surface area contributed by atoms with Crippen LogP contribution in [-0.4, -0.2) is 4.98 Å². The number of nitrogens with zero attached hydrogens (tertiary/aromatic N) is 1. The molecule has 16 heavy (non-hydrogen) atoms. The molecule has 0 radical (unpaired) electrons. The van der Waals surface area contributed by atoms with Gasteiger partial charge in [-0.05, 0) is 18.1 Å². The average molecular weight is 240 g/mol. The van der Waals surface area contributed by atoms with Gasteiger partial charge in [0.15, 0.2) is 0 Å². The zero-order valence-electron chi connectivity index (χ0n) is 8.36. The third-order valence-corrected chi connectivity index (χ3v) is 2.89. The van der Waals surface area contributed by atoms with E-state index in [2.05, 4.69) is 4.98 Å². The second-order valence-corrected chi connectivity index (χ2v) is 4.18. The number of hydrogen-bond acceptors (Lipinski definition) is 3. The molecule has 0 aliphatic carbocycles. The molecular formula is C11H10F2N2S. The van der Waals surface area contributed by atoms with Gasteiger partial charge in [-0.3, -0.25) is 0 Å². The molecule has 1 aromatic carbocycles. The SMILES string of the molecule is NC(Cc1ccc(F)cc1F)c1cscn1. The van der Waals surface area contributed by atoms with E-state index in [-0.39, 0.29) is 6.04 Å². The number of nitrogens with two attached hydrogens (primary N) is 1. The van der Waals surface area contributed by atoms with Gasteiger partial charge in [-0.1, -0.05) is 6.07 Å². The van der Waals surface area contributed by atoms with Crippen molar-refractivity contribution in [3.8, 4) is 0 Å². The minimum atomic E-state index is -0.580. The molecule has 0 amide bonds. The van der Waals surface area contributed by atoms with Gasteiger partial charge in [-0.25, -0.2) is 13.8 Å². The van der Waals surface area contributed by atoms with Gasteiger partial charge in [-0.2, -0.15) is 0 Å². The lowest BCUT2D eigenvalue weighted by Crippen LogP contribution is -2.14. The van der Waals surface area contributed by atoms with Gasteiger partial charge in [0, 0.05) is 11.4 Å². The van der Waals surface area contributed by atoms with Crippen molar-refractivity contribution >= 4 is 11.3 Å². The van der Waals surface area contributed by atoms with E-state index in [9.17, 15) is 8.78 Å². The van der Waals surface area contributed by atoms with Crippen LogP contribution >= 0.6 is 11.3 Å².